The van der Waals surface area contributed by atoms with Crippen LogP contribution in [0.25, 0.3) is 0 Å². The SMILES string of the molecule is C[C@H](N)C(=O)NC1(C(=O)OC(C)(C)C)CCCCC1. The number of rotatable bonds is 3. The smallest absolute Gasteiger partial charge is 0.332 e. The maximum Gasteiger partial charge on any atom is 0.332 e. The summed E-state index contributed by atoms with van der Waals surface area (Å²) in [4.78, 5) is 24.3. The molecule has 0 spiro atoms. The van der Waals surface area contributed by atoms with Crippen molar-refractivity contribution in [2.75, 3.05) is 0 Å². The standard InChI is InChI=1S/C14H26N2O3/c1-10(15)11(17)16-14(8-6-5-7-9-14)12(18)19-13(2,3)4/h10H,5-9,15H2,1-4H3,(H,16,17)/t10-/m0/s1. The van der Waals surface area contributed by atoms with E-state index in [-0.39, 0.29) is 11.9 Å². The Kier molecular flexibility index (Phi) is 4.96. The minimum Gasteiger partial charge on any atom is -0.458 e. The molecule has 1 atom stereocenters. The number of hydrogen-bond acceptors (Lipinski definition) is 4. The fraction of sp³-hybridized carbons (Fsp3) is 0.857. The molecule has 0 radical (unpaired) electrons. The lowest BCUT2D eigenvalue weighted by Gasteiger charge is -2.38. The van der Waals surface area contributed by atoms with Gasteiger partial charge in [0.25, 0.3) is 0 Å². The highest BCUT2D eigenvalue weighted by Crippen LogP contribution is 2.31. The van der Waals surface area contributed by atoms with Crippen molar-refractivity contribution in [1.82, 2.24) is 5.32 Å². The van der Waals surface area contributed by atoms with Crippen molar-refractivity contribution in [3.05, 3.63) is 0 Å². The van der Waals surface area contributed by atoms with E-state index in [9.17, 15) is 9.59 Å². The number of carbonyl (C=O) groups is 2. The molecule has 0 heterocycles. The molecule has 0 aromatic heterocycles. The zero-order valence-corrected chi connectivity index (χ0v) is 12.4. The molecule has 1 rings (SSSR count). The average molecular weight is 270 g/mol. The predicted molar refractivity (Wildman–Crippen MR) is 73.5 cm³/mol. The van der Waals surface area contributed by atoms with Gasteiger partial charge in [0.15, 0.2) is 0 Å². The first-order valence-corrected chi connectivity index (χ1v) is 6.97. The van der Waals surface area contributed by atoms with Crippen LogP contribution in [0.4, 0.5) is 0 Å². The second kappa shape index (κ2) is 5.90. The van der Waals surface area contributed by atoms with E-state index in [0.717, 1.165) is 19.3 Å². The third kappa shape index (κ3) is 4.49. The van der Waals surface area contributed by atoms with Crippen molar-refractivity contribution in [2.24, 2.45) is 5.73 Å². The van der Waals surface area contributed by atoms with E-state index < -0.39 is 17.2 Å². The largest absolute Gasteiger partial charge is 0.458 e. The quantitative estimate of drug-likeness (QED) is 0.761. The van der Waals surface area contributed by atoms with Crippen LogP contribution in [0.5, 0.6) is 0 Å². The van der Waals surface area contributed by atoms with Gasteiger partial charge in [0.05, 0.1) is 6.04 Å². The van der Waals surface area contributed by atoms with Crippen LogP contribution in [0.3, 0.4) is 0 Å². The van der Waals surface area contributed by atoms with E-state index in [1.165, 1.54) is 0 Å². The molecular formula is C14H26N2O3. The molecule has 19 heavy (non-hydrogen) atoms. The van der Waals surface area contributed by atoms with Gasteiger partial charge in [-0.2, -0.15) is 0 Å². The molecule has 1 aliphatic carbocycles. The van der Waals surface area contributed by atoms with Crippen molar-refractivity contribution < 1.29 is 14.3 Å². The highest BCUT2D eigenvalue weighted by molar-refractivity contribution is 5.90. The van der Waals surface area contributed by atoms with Crippen LogP contribution in [0.15, 0.2) is 0 Å². The number of ether oxygens (including phenoxy) is 1. The van der Waals surface area contributed by atoms with Crippen molar-refractivity contribution in [2.45, 2.75) is 77.0 Å². The summed E-state index contributed by atoms with van der Waals surface area (Å²) in [5, 5.41) is 2.82. The Balaban J connectivity index is 2.86. The molecule has 1 fully saturated rings. The van der Waals surface area contributed by atoms with Gasteiger partial charge in [-0.3, -0.25) is 4.79 Å². The number of nitrogens with one attached hydrogen (secondary N) is 1. The molecule has 0 aromatic rings. The van der Waals surface area contributed by atoms with Crippen LogP contribution in [0, 0.1) is 0 Å². The molecule has 0 aromatic carbocycles. The van der Waals surface area contributed by atoms with Crippen LogP contribution in [-0.4, -0.2) is 29.1 Å². The zero-order valence-electron chi connectivity index (χ0n) is 12.4. The molecule has 1 saturated carbocycles. The van der Waals surface area contributed by atoms with E-state index >= 15 is 0 Å². The van der Waals surface area contributed by atoms with Gasteiger partial charge in [-0.1, -0.05) is 19.3 Å². The van der Waals surface area contributed by atoms with Crippen molar-refractivity contribution in [3.8, 4) is 0 Å². The molecule has 0 unspecified atom stereocenters. The van der Waals surface area contributed by atoms with Gasteiger partial charge in [-0.15, -0.1) is 0 Å². The normalized spacial score (nSPS) is 20.5. The lowest BCUT2D eigenvalue weighted by molar-refractivity contribution is -0.166. The molecule has 0 aliphatic heterocycles. The van der Waals surface area contributed by atoms with Gasteiger partial charge in [0.1, 0.15) is 11.1 Å². The maximum atomic E-state index is 12.4. The van der Waals surface area contributed by atoms with Crippen LogP contribution >= 0.6 is 0 Å². The Bertz CT molecular complexity index is 339. The van der Waals surface area contributed by atoms with Gasteiger partial charge in [0.2, 0.25) is 5.91 Å². The van der Waals surface area contributed by atoms with Crippen molar-refractivity contribution in [3.63, 3.8) is 0 Å². The predicted octanol–water partition coefficient (Wildman–Crippen LogP) is 1.49. The zero-order chi connectivity index (χ0) is 14.7. The minimum absolute atomic E-state index is 0.298. The van der Waals surface area contributed by atoms with Gasteiger partial charge in [0, 0.05) is 0 Å². The number of esters is 1. The summed E-state index contributed by atoms with van der Waals surface area (Å²) in [5.74, 6) is -0.638. The van der Waals surface area contributed by atoms with Gasteiger partial charge < -0.3 is 15.8 Å². The molecular weight excluding hydrogens is 244 g/mol. The second-order valence-corrected chi connectivity index (χ2v) is 6.42. The summed E-state index contributed by atoms with van der Waals surface area (Å²) in [5.41, 5.74) is 4.13. The van der Waals surface area contributed by atoms with E-state index in [0.29, 0.717) is 12.8 Å². The molecule has 0 bridgehead atoms. The molecule has 110 valence electrons. The summed E-state index contributed by atoms with van der Waals surface area (Å²) in [6, 6.07) is -0.624. The molecule has 1 aliphatic rings. The Morgan fingerprint density at radius 2 is 1.74 bits per heavy atom. The van der Waals surface area contributed by atoms with E-state index in [1.807, 2.05) is 20.8 Å². The summed E-state index contributed by atoms with van der Waals surface area (Å²) in [6.45, 7) is 7.10. The van der Waals surface area contributed by atoms with Gasteiger partial charge in [-0.25, -0.2) is 4.79 Å². The maximum absolute atomic E-state index is 12.4. The van der Waals surface area contributed by atoms with Gasteiger partial charge in [-0.05, 0) is 40.5 Å². The first kappa shape index (κ1) is 16.0. The van der Waals surface area contributed by atoms with E-state index in [1.54, 1.807) is 6.92 Å². The number of nitrogens with two attached hydrogens (primary N) is 1. The lowest BCUT2D eigenvalue weighted by Crippen LogP contribution is -2.60. The van der Waals surface area contributed by atoms with Crippen LogP contribution in [-0.2, 0) is 14.3 Å². The Labute approximate surface area is 115 Å². The Morgan fingerprint density at radius 1 is 1.21 bits per heavy atom. The van der Waals surface area contributed by atoms with Crippen LogP contribution in [0.1, 0.15) is 59.8 Å². The third-order valence-electron chi connectivity index (χ3n) is 3.27. The molecule has 1 amide bonds. The van der Waals surface area contributed by atoms with Crippen molar-refractivity contribution in [1.29, 1.82) is 0 Å². The highest BCUT2D eigenvalue weighted by Gasteiger charge is 2.44. The van der Waals surface area contributed by atoms with Crippen LogP contribution in [0.2, 0.25) is 0 Å². The molecule has 0 saturated heterocycles. The second-order valence-electron chi connectivity index (χ2n) is 6.42. The topological polar surface area (TPSA) is 81.4 Å². The average Bonchev–Trinajstić information content (AvgIpc) is 2.27. The van der Waals surface area contributed by atoms with E-state index in [2.05, 4.69) is 5.32 Å². The molecule has 5 heteroatoms. The summed E-state index contributed by atoms with van der Waals surface area (Å²) in [7, 11) is 0. The molecule has 5 nitrogen and oxygen atoms in total. The fourth-order valence-corrected chi connectivity index (χ4v) is 2.26. The van der Waals surface area contributed by atoms with E-state index in [4.69, 9.17) is 10.5 Å². The number of carbonyl (C=O) groups excluding carboxylic acids is 2. The third-order valence-corrected chi connectivity index (χ3v) is 3.27. The molecule has 3 N–H and O–H groups in total. The monoisotopic (exact) mass is 270 g/mol. The number of amides is 1. The minimum atomic E-state index is -0.893. The van der Waals surface area contributed by atoms with Crippen molar-refractivity contribution >= 4 is 11.9 Å². The highest BCUT2D eigenvalue weighted by atomic mass is 16.6. The van der Waals surface area contributed by atoms with Gasteiger partial charge >= 0.3 is 5.97 Å². The number of hydrogen-bond donors (Lipinski definition) is 2. The lowest BCUT2D eigenvalue weighted by atomic mass is 9.81. The Morgan fingerprint density at radius 3 is 2.16 bits per heavy atom. The Hall–Kier alpha value is -1.10. The summed E-state index contributed by atoms with van der Waals surface area (Å²) in [6.07, 6.45) is 4.16. The fourth-order valence-electron chi connectivity index (χ4n) is 2.26. The summed E-state index contributed by atoms with van der Waals surface area (Å²) < 4.78 is 5.47. The summed E-state index contributed by atoms with van der Waals surface area (Å²) >= 11 is 0. The first-order valence-electron chi connectivity index (χ1n) is 6.97. The first-order chi connectivity index (χ1) is 8.66. The van der Waals surface area contributed by atoms with Crippen LogP contribution < -0.4 is 11.1 Å².